The Morgan fingerprint density at radius 3 is 2.22 bits per heavy atom. The molecule has 0 saturated heterocycles. The third-order valence-electron chi connectivity index (χ3n) is 4.63. The summed E-state index contributed by atoms with van der Waals surface area (Å²) in [5, 5.41) is 15.0. The fraction of sp³-hybridized carbons (Fsp3) is 0.115. The minimum Gasteiger partial charge on any atom is -0.484 e. The molecule has 0 saturated carbocycles. The highest BCUT2D eigenvalue weighted by Crippen LogP contribution is 2.16. The Morgan fingerprint density at radius 2 is 1.59 bits per heavy atom. The number of nitriles is 1. The van der Waals surface area contributed by atoms with Crippen LogP contribution in [0.4, 0.5) is 5.69 Å². The maximum absolute atomic E-state index is 12.5. The van der Waals surface area contributed by atoms with Gasteiger partial charge in [-0.3, -0.25) is 9.59 Å². The zero-order chi connectivity index (χ0) is 22.8. The van der Waals surface area contributed by atoms with Crippen molar-refractivity contribution < 1.29 is 14.3 Å². The van der Waals surface area contributed by atoms with Crippen LogP contribution < -0.4 is 15.4 Å². The first-order valence-electron chi connectivity index (χ1n) is 10.1. The van der Waals surface area contributed by atoms with Gasteiger partial charge in [-0.1, -0.05) is 60.7 Å². The normalized spacial score (nSPS) is 11.7. The summed E-state index contributed by atoms with van der Waals surface area (Å²) in [6.07, 6.45) is 1.51. The summed E-state index contributed by atoms with van der Waals surface area (Å²) in [6.45, 7) is 1.73. The predicted octanol–water partition coefficient (Wildman–Crippen LogP) is 4.49. The standard InChI is InChI=1S/C26H23N3O3/c1-19(21-8-4-2-5-9-21)28-26(31)22(17-27)16-20-12-14-24(15-13-20)32-18-25(30)29-23-10-6-3-7-11-23/h2-16,19H,18H2,1H3,(H,28,31)(H,29,30)/b22-16+/t19-/m0/s1. The van der Waals surface area contributed by atoms with Crippen LogP contribution in [-0.2, 0) is 9.59 Å². The van der Waals surface area contributed by atoms with Crippen molar-refractivity contribution in [3.8, 4) is 11.8 Å². The molecule has 0 radical (unpaired) electrons. The molecule has 3 aromatic rings. The lowest BCUT2D eigenvalue weighted by molar-refractivity contribution is -0.118. The van der Waals surface area contributed by atoms with Crippen molar-refractivity contribution in [2.75, 3.05) is 11.9 Å². The van der Waals surface area contributed by atoms with Gasteiger partial charge in [-0.25, -0.2) is 0 Å². The molecule has 0 fully saturated rings. The van der Waals surface area contributed by atoms with Crippen LogP contribution in [0.25, 0.3) is 6.08 Å². The molecule has 2 amide bonds. The van der Waals surface area contributed by atoms with E-state index in [9.17, 15) is 14.9 Å². The molecule has 0 bridgehead atoms. The van der Waals surface area contributed by atoms with E-state index >= 15 is 0 Å². The Kier molecular flexibility index (Phi) is 7.77. The molecule has 0 aliphatic heterocycles. The highest BCUT2D eigenvalue weighted by atomic mass is 16.5. The van der Waals surface area contributed by atoms with E-state index in [1.165, 1.54) is 6.08 Å². The Labute approximate surface area is 187 Å². The van der Waals surface area contributed by atoms with E-state index in [1.54, 1.807) is 36.4 Å². The molecule has 0 aliphatic rings. The van der Waals surface area contributed by atoms with Crippen molar-refractivity contribution >= 4 is 23.6 Å². The van der Waals surface area contributed by atoms with Crippen LogP contribution in [0.3, 0.4) is 0 Å². The van der Waals surface area contributed by atoms with Crippen LogP contribution in [-0.4, -0.2) is 18.4 Å². The molecule has 3 aromatic carbocycles. The molecule has 0 aromatic heterocycles. The number of hydrogen-bond donors (Lipinski definition) is 2. The van der Waals surface area contributed by atoms with Gasteiger partial charge in [0, 0.05) is 5.69 Å². The molecule has 0 spiro atoms. The van der Waals surface area contributed by atoms with Crippen molar-refractivity contribution in [2.45, 2.75) is 13.0 Å². The van der Waals surface area contributed by atoms with Gasteiger partial charge < -0.3 is 15.4 Å². The van der Waals surface area contributed by atoms with Gasteiger partial charge in [-0.15, -0.1) is 0 Å². The van der Waals surface area contributed by atoms with Crippen LogP contribution in [0, 0.1) is 11.3 Å². The maximum atomic E-state index is 12.5. The molecule has 2 N–H and O–H groups in total. The third kappa shape index (κ3) is 6.57. The van der Waals surface area contributed by atoms with Crippen LogP contribution in [0.2, 0.25) is 0 Å². The van der Waals surface area contributed by atoms with Gasteiger partial charge in [-0.2, -0.15) is 5.26 Å². The summed E-state index contributed by atoms with van der Waals surface area (Å²) in [6, 6.07) is 27.2. The molecule has 0 aliphatic carbocycles. The molecule has 0 heterocycles. The second-order valence-electron chi connectivity index (χ2n) is 7.05. The quantitative estimate of drug-likeness (QED) is 0.411. The van der Waals surface area contributed by atoms with Crippen molar-refractivity contribution in [2.24, 2.45) is 0 Å². The van der Waals surface area contributed by atoms with Crippen LogP contribution in [0.15, 0.2) is 90.5 Å². The zero-order valence-corrected chi connectivity index (χ0v) is 17.6. The van der Waals surface area contributed by atoms with Gasteiger partial charge in [0.05, 0.1) is 6.04 Å². The summed E-state index contributed by atoms with van der Waals surface area (Å²) < 4.78 is 5.50. The fourth-order valence-corrected chi connectivity index (χ4v) is 2.94. The van der Waals surface area contributed by atoms with Crippen LogP contribution in [0.5, 0.6) is 5.75 Å². The Balaban J connectivity index is 1.56. The molecule has 6 heteroatoms. The topological polar surface area (TPSA) is 91.2 Å². The largest absolute Gasteiger partial charge is 0.484 e. The monoisotopic (exact) mass is 425 g/mol. The molecule has 3 rings (SSSR count). The molecular formula is C26H23N3O3. The number of benzene rings is 3. The number of anilines is 1. The van der Waals surface area contributed by atoms with Gasteiger partial charge in [-0.05, 0) is 48.4 Å². The lowest BCUT2D eigenvalue weighted by Gasteiger charge is -2.13. The van der Waals surface area contributed by atoms with E-state index in [-0.39, 0.29) is 24.1 Å². The average Bonchev–Trinajstić information content (AvgIpc) is 2.83. The molecule has 6 nitrogen and oxygen atoms in total. The number of nitrogens with zero attached hydrogens (tertiary/aromatic N) is 1. The number of amides is 2. The molecule has 0 unspecified atom stereocenters. The highest BCUT2D eigenvalue weighted by molar-refractivity contribution is 6.01. The maximum Gasteiger partial charge on any atom is 0.262 e. The van der Waals surface area contributed by atoms with Gasteiger partial charge in [0.2, 0.25) is 0 Å². The first-order chi connectivity index (χ1) is 15.5. The van der Waals surface area contributed by atoms with E-state index < -0.39 is 5.91 Å². The molecular weight excluding hydrogens is 402 g/mol. The average molecular weight is 425 g/mol. The van der Waals surface area contributed by atoms with Gasteiger partial charge in [0.15, 0.2) is 6.61 Å². The van der Waals surface area contributed by atoms with Crippen LogP contribution in [0.1, 0.15) is 24.1 Å². The van der Waals surface area contributed by atoms with Crippen LogP contribution >= 0.6 is 0 Å². The summed E-state index contributed by atoms with van der Waals surface area (Å²) in [7, 11) is 0. The number of carbonyl (C=O) groups excluding carboxylic acids is 2. The van der Waals surface area contributed by atoms with E-state index in [1.807, 2.05) is 61.5 Å². The number of carbonyl (C=O) groups is 2. The lowest BCUT2D eigenvalue weighted by Crippen LogP contribution is -2.27. The summed E-state index contributed by atoms with van der Waals surface area (Å²) in [4.78, 5) is 24.5. The van der Waals surface area contributed by atoms with E-state index in [4.69, 9.17) is 4.74 Å². The van der Waals surface area contributed by atoms with E-state index in [0.717, 1.165) is 5.56 Å². The predicted molar refractivity (Wildman–Crippen MR) is 124 cm³/mol. The SMILES string of the molecule is C[C@H](NC(=O)/C(C#N)=C/c1ccc(OCC(=O)Nc2ccccc2)cc1)c1ccccc1. The summed E-state index contributed by atoms with van der Waals surface area (Å²) >= 11 is 0. The van der Waals surface area contributed by atoms with E-state index in [2.05, 4.69) is 10.6 Å². The third-order valence-corrected chi connectivity index (χ3v) is 4.63. The minimum atomic E-state index is -0.443. The van der Waals surface area contributed by atoms with E-state index in [0.29, 0.717) is 17.0 Å². The van der Waals surface area contributed by atoms with Crippen molar-refractivity contribution in [3.05, 3.63) is 102 Å². The highest BCUT2D eigenvalue weighted by Gasteiger charge is 2.13. The summed E-state index contributed by atoms with van der Waals surface area (Å²) in [5.41, 5.74) is 2.33. The van der Waals surface area contributed by atoms with Gasteiger partial charge in [0.25, 0.3) is 11.8 Å². The number of para-hydroxylation sites is 1. The van der Waals surface area contributed by atoms with Gasteiger partial charge in [0.1, 0.15) is 17.4 Å². The molecule has 32 heavy (non-hydrogen) atoms. The fourth-order valence-electron chi connectivity index (χ4n) is 2.94. The minimum absolute atomic E-state index is 0.00342. The number of nitrogens with one attached hydrogen (secondary N) is 2. The number of rotatable bonds is 8. The first kappa shape index (κ1) is 22.3. The summed E-state index contributed by atoms with van der Waals surface area (Å²) in [5.74, 6) is -0.205. The Hall–Kier alpha value is -4.37. The smallest absolute Gasteiger partial charge is 0.262 e. The number of hydrogen-bond acceptors (Lipinski definition) is 4. The second-order valence-corrected chi connectivity index (χ2v) is 7.05. The van der Waals surface area contributed by atoms with Crippen molar-refractivity contribution in [1.82, 2.24) is 5.32 Å². The second kappa shape index (κ2) is 11.1. The van der Waals surface area contributed by atoms with Gasteiger partial charge >= 0.3 is 0 Å². The van der Waals surface area contributed by atoms with Crippen molar-refractivity contribution in [3.63, 3.8) is 0 Å². The molecule has 160 valence electrons. The van der Waals surface area contributed by atoms with Crippen molar-refractivity contribution in [1.29, 1.82) is 5.26 Å². The first-order valence-corrected chi connectivity index (χ1v) is 10.1. The zero-order valence-electron chi connectivity index (χ0n) is 17.6. The Morgan fingerprint density at radius 1 is 0.969 bits per heavy atom. The lowest BCUT2D eigenvalue weighted by atomic mass is 10.1. The number of ether oxygens (including phenoxy) is 1. The molecule has 1 atom stereocenters. The Bertz CT molecular complexity index is 1120.